The van der Waals surface area contributed by atoms with Crippen LogP contribution in [-0.4, -0.2) is 14.5 Å². The molecule has 0 aromatic heterocycles. The lowest BCUT2D eigenvalue weighted by Crippen LogP contribution is -2.14. The minimum absolute atomic E-state index is 0.0376. The van der Waals surface area contributed by atoms with Crippen LogP contribution in [0.15, 0.2) is 23.1 Å². The van der Waals surface area contributed by atoms with Crippen molar-refractivity contribution < 1.29 is 8.42 Å². The summed E-state index contributed by atoms with van der Waals surface area (Å²) in [5.41, 5.74) is 7.24. The molecule has 0 spiro atoms. The van der Waals surface area contributed by atoms with E-state index in [1.54, 1.807) is 6.07 Å². The molecule has 1 aromatic carbocycles. The molecule has 1 aliphatic rings. The van der Waals surface area contributed by atoms with Gasteiger partial charge in [-0.3, -0.25) is 0 Å². The normalized spacial score (nSPS) is 22.2. The van der Waals surface area contributed by atoms with Gasteiger partial charge in [0.1, 0.15) is 0 Å². The van der Waals surface area contributed by atoms with Crippen molar-refractivity contribution >= 4 is 21.4 Å². The average molecular weight is 255 g/mol. The molecular formula is C11H17N3O2S. The maximum atomic E-state index is 11.1. The molecule has 0 heterocycles. The van der Waals surface area contributed by atoms with E-state index >= 15 is 0 Å². The number of sulfonamides is 1. The third-order valence-electron chi connectivity index (χ3n) is 3.19. The van der Waals surface area contributed by atoms with Gasteiger partial charge < -0.3 is 11.1 Å². The average Bonchev–Trinajstić information content (AvgIpc) is 2.75. The van der Waals surface area contributed by atoms with E-state index in [-0.39, 0.29) is 10.3 Å². The van der Waals surface area contributed by atoms with Gasteiger partial charge in [0.25, 0.3) is 0 Å². The summed E-state index contributed by atoms with van der Waals surface area (Å²) in [5.74, 6) is 0. The number of nitrogen functional groups attached to an aromatic ring is 1. The molecular weight excluding hydrogens is 238 g/mol. The number of benzene rings is 1. The van der Waals surface area contributed by atoms with E-state index in [0.29, 0.717) is 11.7 Å². The van der Waals surface area contributed by atoms with Crippen molar-refractivity contribution in [2.45, 2.75) is 31.2 Å². The van der Waals surface area contributed by atoms with Gasteiger partial charge in [-0.1, -0.05) is 13.8 Å². The first kappa shape index (κ1) is 12.2. The molecule has 1 fully saturated rings. The van der Waals surface area contributed by atoms with Crippen molar-refractivity contribution in [3.63, 3.8) is 0 Å². The lowest BCUT2D eigenvalue weighted by molar-refractivity contribution is 0.598. The number of nitrogens with one attached hydrogen (secondary N) is 1. The lowest BCUT2D eigenvalue weighted by atomic mass is 10.2. The third kappa shape index (κ3) is 2.53. The Balaban J connectivity index is 2.21. The molecule has 94 valence electrons. The molecule has 1 aliphatic carbocycles. The molecule has 0 bridgehead atoms. The Bertz CT molecular complexity index is 552. The second kappa shape index (κ2) is 3.61. The number of anilines is 2. The minimum Gasteiger partial charge on any atom is -0.397 e. The molecule has 1 atom stereocenters. The van der Waals surface area contributed by atoms with Crippen LogP contribution in [0.1, 0.15) is 20.3 Å². The maximum absolute atomic E-state index is 11.1. The first-order chi connectivity index (χ1) is 7.70. The highest BCUT2D eigenvalue weighted by Gasteiger charge is 2.45. The fourth-order valence-corrected chi connectivity index (χ4v) is 2.30. The maximum Gasteiger partial charge on any atom is 0.238 e. The fraction of sp³-hybridized carbons (Fsp3) is 0.455. The molecule has 5 N–H and O–H groups in total. The summed E-state index contributed by atoms with van der Waals surface area (Å²) >= 11 is 0. The van der Waals surface area contributed by atoms with Crippen LogP contribution in [0, 0.1) is 5.41 Å². The monoisotopic (exact) mass is 255 g/mol. The molecule has 1 saturated carbocycles. The minimum atomic E-state index is -3.69. The Hall–Kier alpha value is -1.27. The SMILES string of the molecule is CC1(C)CC1Nc1ccc(S(N)(=O)=O)cc1N. The smallest absolute Gasteiger partial charge is 0.238 e. The molecule has 1 aromatic rings. The van der Waals surface area contributed by atoms with Gasteiger partial charge >= 0.3 is 0 Å². The molecule has 0 radical (unpaired) electrons. The van der Waals surface area contributed by atoms with E-state index < -0.39 is 10.0 Å². The van der Waals surface area contributed by atoms with Gasteiger partial charge in [-0.2, -0.15) is 0 Å². The van der Waals surface area contributed by atoms with Crippen LogP contribution in [0.4, 0.5) is 11.4 Å². The van der Waals surface area contributed by atoms with E-state index in [1.807, 2.05) is 0 Å². The second-order valence-electron chi connectivity index (χ2n) is 5.18. The molecule has 2 rings (SSSR count). The van der Waals surface area contributed by atoms with Crippen molar-refractivity contribution in [2.24, 2.45) is 10.6 Å². The number of rotatable bonds is 3. The van der Waals surface area contributed by atoms with Gasteiger partial charge in [-0.15, -0.1) is 0 Å². The Morgan fingerprint density at radius 2 is 2.00 bits per heavy atom. The Morgan fingerprint density at radius 3 is 2.41 bits per heavy atom. The number of nitrogens with two attached hydrogens (primary N) is 2. The molecule has 0 saturated heterocycles. The van der Waals surface area contributed by atoms with Gasteiger partial charge in [-0.25, -0.2) is 13.6 Å². The Labute approximate surface area is 101 Å². The van der Waals surface area contributed by atoms with Gasteiger partial charge in [0, 0.05) is 6.04 Å². The van der Waals surface area contributed by atoms with E-state index in [4.69, 9.17) is 10.9 Å². The van der Waals surface area contributed by atoms with Crippen LogP contribution in [0.5, 0.6) is 0 Å². The van der Waals surface area contributed by atoms with Crippen molar-refractivity contribution in [1.82, 2.24) is 0 Å². The number of hydrogen-bond donors (Lipinski definition) is 3. The molecule has 6 heteroatoms. The van der Waals surface area contributed by atoms with Crippen LogP contribution in [0.3, 0.4) is 0 Å². The topological polar surface area (TPSA) is 98.2 Å². The summed E-state index contributed by atoms with van der Waals surface area (Å²) in [7, 11) is -3.69. The van der Waals surface area contributed by atoms with Crippen molar-refractivity contribution in [3.05, 3.63) is 18.2 Å². The molecule has 0 aliphatic heterocycles. The standard InChI is InChI=1S/C11H17N3O2S/c1-11(2)6-10(11)14-9-4-3-7(5-8(9)12)17(13,15)16/h3-5,10,14H,6,12H2,1-2H3,(H2,13,15,16). The second-order valence-corrected chi connectivity index (χ2v) is 6.75. The van der Waals surface area contributed by atoms with Gasteiger partial charge in [0.05, 0.1) is 16.3 Å². The summed E-state index contributed by atoms with van der Waals surface area (Å²) < 4.78 is 22.3. The highest BCUT2D eigenvalue weighted by molar-refractivity contribution is 7.89. The van der Waals surface area contributed by atoms with Gasteiger partial charge in [0.2, 0.25) is 10.0 Å². The zero-order valence-corrected chi connectivity index (χ0v) is 10.7. The Morgan fingerprint density at radius 1 is 1.41 bits per heavy atom. The van der Waals surface area contributed by atoms with Crippen LogP contribution < -0.4 is 16.2 Å². The highest BCUT2D eigenvalue weighted by atomic mass is 32.2. The molecule has 0 amide bonds. The number of hydrogen-bond acceptors (Lipinski definition) is 4. The van der Waals surface area contributed by atoms with Crippen molar-refractivity contribution in [2.75, 3.05) is 11.1 Å². The predicted octanol–water partition coefficient (Wildman–Crippen LogP) is 1.13. The lowest BCUT2D eigenvalue weighted by Gasteiger charge is -2.11. The molecule has 1 unspecified atom stereocenters. The summed E-state index contributed by atoms with van der Waals surface area (Å²) in [6, 6.07) is 4.89. The summed E-state index contributed by atoms with van der Waals surface area (Å²) in [4.78, 5) is 0.0376. The van der Waals surface area contributed by atoms with Crippen LogP contribution in [0.25, 0.3) is 0 Å². The highest BCUT2D eigenvalue weighted by Crippen LogP contribution is 2.47. The van der Waals surface area contributed by atoms with Crippen LogP contribution in [-0.2, 0) is 10.0 Å². The summed E-state index contributed by atoms with van der Waals surface area (Å²) in [6.45, 7) is 4.33. The van der Waals surface area contributed by atoms with E-state index in [2.05, 4.69) is 19.2 Å². The summed E-state index contributed by atoms with van der Waals surface area (Å²) in [6.07, 6.45) is 1.09. The van der Waals surface area contributed by atoms with Crippen molar-refractivity contribution in [3.8, 4) is 0 Å². The van der Waals surface area contributed by atoms with Crippen molar-refractivity contribution in [1.29, 1.82) is 0 Å². The third-order valence-corrected chi connectivity index (χ3v) is 4.11. The van der Waals surface area contributed by atoms with E-state index in [0.717, 1.165) is 12.1 Å². The largest absolute Gasteiger partial charge is 0.397 e. The van der Waals surface area contributed by atoms with E-state index in [9.17, 15) is 8.42 Å². The van der Waals surface area contributed by atoms with Gasteiger partial charge in [0.15, 0.2) is 0 Å². The first-order valence-corrected chi connectivity index (χ1v) is 6.94. The fourth-order valence-electron chi connectivity index (χ4n) is 1.75. The quantitative estimate of drug-likeness (QED) is 0.705. The van der Waals surface area contributed by atoms with Crippen LogP contribution >= 0.6 is 0 Å². The Kier molecular flexibility index (Phi) is 2.59. The molecule has 5 nitrogen and oxygen atoms in total. The first-order valence-electron chi connectivity index (χ1n) is 5.39. The van der Waals surface area contributed by atoms with Crippen LogP contribution in [0.2, 0.25) is 0 Å². The summed E-state index contributed by atoms with van der Waals surface area (Å²) in [5, 5.41) is 8.32. The van der Waals surface area contributed by atoms with Gasteiger partial charge in [-0.05, 0) is 30.0 Å². The van der Waals surface area contributed by atoms with E-state index in [1.165, 1.54) is 12.1 Å². The predicted molar refractivity (Wildman–Crippen MR) is 68.0 cm³/mol. The zero-order chi connectivity index (χ0) is 12.8. The molecule has 17 heavy (non-hydrogen) atoms. The number of primary sulfonamides is 1. The zero-order valence-electron chi connectivity index (χ0n) is 9.90.